The zero-order chi connectivity index (χ0) is 13.2. The molecule has 2 rings (SSSR count). The lowest BCUT2D eigenvalue weighted by Gasteiger charge is -2.34. The molecule has 0 aromatic carbocycles. The van der Waals surface area contributed by atoms with Crippen LogP contribution in [0.2, 0.25) is 0 Å². The summed E-state index contributed by atoms with van der Waals surface area (Å²) < 4.78 is 38.0. The molecule has 1 aliphatic carbocycles. The number of likely N-dealkylation sites (tertiary alicyclic amines) is 1. The fourth-order valence-corrected chi connectivity index (χ4v) is 2.75. The fraction of sp³-hybridized carbons (Fsp3) is 0.917. The van der Waals surface area contributed by atoms with E-state index in [1.54, 1.807) is 4.90 Å². The average Bonchev–Trinajstić information content (AvgIpc) is 2.81. The highest BCUT2D eigenvalue weighted by Gasteiger charge is 2.42. The van der Waals surface area contributed by atoms with Gasteiger partial charge in [0.1, 0.15) is 0 Å². The third kappa shape index (κ3) is 3.29. The molecule has 1 saturated heterocycles. The Morgan fingerprint density at radius 3 is 2.39 bits per heavy atom. The number of hydrogen-bond donors (Lipinski definition) is 1. The SMILES string of the molecule is NC(=NC1CCCC1)N1CCCC(C(F)(F)F)C1. The molecular weight excluding hydrogens is 243 g/mol. The Morgan fingerprint density at radius 1 is 1.11 bits per heavy atom. The Balaban J connectivity index is 1.95. The molecule has 1 unspecified atom stereocenters. The summed E-state index contributed by atoms with van der Waals surface area (Å²) in [7, 11) is 0. The Hall–Kier alpha value is -0.940. The second-order valence-corrected chi connectivity index (χ2v) is 5.25. The minimum absolute atomic E-state index is 0.0362. The maximum Gasteiger partial charge on any atom is 0.393 e. The number of alkyl halides is 3. The van der Waals surface area contributed by atoms with Crippen molar-refractivity contribution in [1.82, 2.24) is 4.90 Å². The van der Waals surface area contributed by atoms with E-state index >= 15 is 0 Å². The van der Waals surface area contributed by atoms with Crippen LogP contribution in [0, 0.1) is 5.92 Å². The molecular formula is C12H20F3N3. The van der Waals surface area contributed by atoms with E-state index in [-0.39, 0.29) is 19.0 Å². The molecule has 104 valence electrons. The van der Waals surface area contributed by atoms with Gasteiger partial charge in [0.25, 0.3) is 0 Å². The predicted molar refractivity (Wildman–Crippen MR) is 64.2 cm³/mol. The van der Waals surface area contributed by atoms with Gasteiger partial charge >= 0.3 is 6.18 Å². The van der Waals surface area contributed by atoms with Gasteiger partial charge in [-0.2, -0.15) is 13.2 Å². The number of nitrogens with zero attached hydrogens (tertiary/aromatic N) is 2. The summed E-state index contributed by atoms with van der Waals surface area (Å²) in [5.74, 6) is -0.959. The third-order valence-electron chi connectivity index (χ3n) is 3.85. The van der Waals surface area contributed by atoms with Crippen molar-refractivity contribution in [2.45, 2.75) is 50.7 Å². The van der Waals surface area contributed by atoms with Gasteiger partial charge in [-0.25, -0.2) is 4.99 Å². The largest absolute Gasteiger partial charge is 0.393 e. The van der Waals surface area contributed by atoms with Gasteiger partial charge in [0, 0.05) is 13.1 Å². The van der Waals surface area contributed by atoms with Crippen molar-refractivity contribution in [3.8, 4) is 0 Å². The maximum atomic E-state index is 12.7. The minimum Gasteiger partial charge on any atom is -0.370 e. The summed E-state index contributed by atoms with van der Waals surface area (Å²) in [5.41, 5.74) is 5.84. The van der Waals surface area contributed by atoms with Crippen LogP contribution in [0.5, 0.6) is 0 Å². The summed E-state index contributed by atoms with van der Waals surface area (Å²) in [6, 6.07) is 0.219. The molecule has 1 atom stereocenters. The Morgan fingerprint density at radius 2 is 1.78 bits per heavy atom. The first kappa shape index (κ1) is 13.5. The lowest BCUT2D eigenvalue weighted by molar-refractivity contribution is -0.183. The molecule has 18 heavy (non-hydrogen) atoms. The second-order valence-electron chi connectivity index (χ2n) is 5.25. The molecule has 0 aromatic heterocycles. The molecule has 1 saturated carbocycles. The highest BCUT2D eigenvalue weighted by Crippen LogP contribution is 2.33. The zero-order valence-corrected chi connectivity index (χ0v) is 10.4. The Kier molecular flexibility index (Phi) is 4.02. The number of nitrogens with two attached hydrogens (primary N) is 1. The van der Waals surface area contributed by atoms with Gasteiger partial charge < -0.3 is 10.6 Å². The van der Waals surface area contributed by atoms with E-state index in [9.17, 15) is 13.2 Å². The van der Waals surface area contributed by atoms with Crippen LogP contribution in [0.1, 0.15) is 38.5 Å². The minimum atomic E-state index is -4.12. The second kappa shape index (κ2) is 5.36. The van der Waals surface area contributed by atoms with E-state index < -0.39 is 12.1 Å². The van der Waals surface area contributed by atoms with Gasteiger partial charge in [-0.3, -0.25) is 0 Å². The molecule has 1 heterocycles. The van der Waals surface area contributed by atoms with Crippen LogP contribution in [0.25, 0.3) is 0 Å². The molecule has 0 radical (unpaired) electrons. The topological polar surface area (TPSA) is 41.6 Å². The smallest absolute Gasteiger partial charge is 0.370 e. The highest BCUT2D eigenvalue weighted by atomic mass is 19.4. The van der Waals surface area contributed by atoms with Gasteiger partial charge in [0.05, 0.1) is 12.0 Å². The van der Waals surface area contributed by atoms with Crippen LogP contribution in [-0.2, 0) is 0 Å². The normalized spacial score (nSPS) is 27.8. The number of rotatable bonds is 1. The van der Waals surface area contributed by atoms with Gasteiger partial charge in [0.15, 0.2) is 5.96 Å². The van der Waals surface area contributed by atoms with Crippen molar-refractivity contribution in [3.05, 3.63) is 0 Å². The molecule has 3 nitrogen and oxygen atoms in total. The highest BCUT2D eigenvalue weighted by molar-refractivity contribution is 5.78. The van der Waals surface area contributed by atoms with Crippen molar-refractivity contribution in [2.75, 3.05) is 13.1 Å². The molecule has 6 heteroatoms. The molecule has 0 spiro atoms. The van der Waals surface area contributed by atoms with Crippen LogP contribution in [0.15, 0.2) is 4.99 Å². The molecule has 0 aromatic rings. The van der Waals surface area contributed by atoms with E-state index in [4.69, 9.17) is 5.73 Å². The van der Waals surface area contributed by atoms with E-state index in [0.29, 0.717) is 18.9 Å². The summed E-state index contributed by atoms with van der Waals surface area (Å²) in [6.07, 6.45) is 0.932. The van der Waals surface area contributed by atoms with Crippen molar-refractivity contribution < 1.29 is 13.2 Å². The van der Waals surface area contributed by atoms with Crippen LogP contribution >= 0.6 is 0 Å². The lowest BCUT2D eigenvalue weighted by atomic mass is 9.98. The first-order valence-corrected chi connectivity index (χ1v) is 6.62. The summed E-state index contributed by atoms with van der Waals surface area (Å²) in [4.78, 5) is 5.97. The maximum absolute atomic E-state index is 12.7. The number of hydrogen-bond acceptors (Lipinski definition) is 1. The molecule has 2 aliphatic rings. The van der Waals surface area contributed by atoms with Crippen LogP contribution in [0.4, 0.5) is 13.2 Å². The molecule has 0 bridgehead atoms. The number of halogens is 3. The fourth-order valence-electron chi connectivity index (χ4n) is 2.75. The zero-order valence-electron chi connectivity index (χ0n) is 10.4. The lowest BCUT2D eigenvalue weighted by Crippen LogP contribution is -2.47. The average molecular weight is 263 g/mol. The first-order chi connectivity index (χ1) is 8.47. The number of piperidine rings is 1. The van der Waals surface area contributed by atoms with Crippen LogP contribution in [0.3, 0.4) is 0 Å². The van der Waals surface area contributed by atoms with Crippen molar-refractivity contribution in [2.24, 2.45) is 16.6 Å². The van der Waals surface area contributed by atoms with E-state index in [1.807, 2.05) is 0 Å². The first-order valence-electron chi connectivity index (χ1n) is 6.62. The number of guanidine groups is 1. The Labute approximate surface area is 105 Å². The summed E-state index contributed by atoms with van der Waals surface area (Å²) in [5, 5.41) is 0. The van der Waals surface area contributed by atoms with Gasteiger partial charge in [-0.05, 0) is 25.7 Å². The van der Waals surface area contributed by atoms with E-state index in [1.165, 1.54) is 0 Å². The summed E-state index contributed by atoms with van der Waals surface area (Å²) in [6.45, 7) is 0.556. The van der Waals surface area contributed by atoms with Crippen molar-refractivity contribution in [1.29, 1.82) is 0 Å². The number of aliphatic imine (C=N–C) groups is 1. The Bertz CT molecular complexity index is 308. The molecule has 2 fully saturated rings. The van der Waals surface area contributed by atoms with Crippen LogP contribution in [-0.4, -0.2) is 36.2 Å². The van der Waals surface area contributed by atoms with Gasteiger partial charge in [-0.15, -0.1) is 0 Å². The molecule has 1 aliphatic heterocycles. The quantitative estimate of drug-likeness (QED) is 0.583. The standard InChI is InChI=1S/C12H20F3N3/c13-12(14,15)9-4-3-7-18(8-9)11(16)17-10-5-1-2-6-10/h9-10H,1-8H2,(H2,16,17). The third-order valence-corrected chi connectivity index (χ3v) is 3.85. The molecule has 2 N–H and O–H groups in total. The monoisotopic (exact) mass is 263 g/mol. The van der Waals surface area contributed by atoms with Gasteiger partial charge in [-0.1, -0.05) is 12.8 Å². The van der Waals surface area contributed by atoms with Gasteiger partial charge in [0.2, 0.25) is 0 Å². The van der Waals surface area contributed by atoms with E-state index in [0.717, 1.165) is 25.7 Å². The van der Waals surface area contributed by atoms with Crippen molar-refractivity contribution >= 4 is 5.96 Å². The van der Waals surface area contributed by atoms with E-state index in [2.05, 4.69) is 4.99 Å². The summed E-state index contributed by atoms with van der Waals surface area (Å²) >= 11 is 0. The predicted octanol–water partition coefficient (Wildman–Crippen LogP) is 2.52. The van der Waals surface area contributed by atoms with Crippen molar-refractivity contribution in [3.63, 3.8) is 0 Å². The molecule has 0 amide bonds. The van der Waals surface area contributed by atoms with Crippen LogP contribution < -0.4 is 5.73 Å².